The Kier molecular flexibility index (Phi) is 5.80. The van der Waals surface area contributed by atoms with Crippen LogP contribution in [-0.2, 0) is 4.74 Å². The highest BCUT2D eigenvalue weighted by Crippen LogP contribution is 2.28. The zero-order valence-electron chi connectivity index (χ0n) is 18.2. The molecule has 5 rings (SSSR count). The minimum Gasteiger partial charge on any atom is -0.378 e. The zero-order valence-corrected chi connectivity index (χ0v) is 18.2. The van der Waals surface area contributed by atoms with E-state index in [0.29, 0.717) is 63.7 Å². The van der Waals surface area contributed by atoms with Crippen molar-refractivity contribution in [1.29, 1.82) is 5.26 Å². The molecule has 2 saturated heterocycles. The largest absolute Gasteiger partial charge is 0.378 e. The number of nitrogens with zero attached hydrogens (tertiary/aromatic N) is 5. The van der Waals surface area contributed by atoms with Crippen LogP contribution in [0.2, 0.25) is 0 Å². The van der Waals surface area contributed by atoms with Crippen LogP contribution in [0.25, 0.3) is 10.9 Å². The lowest BCUT2D eigenvalue weighted by molar-refractivity contribution is 0.0304. The lowest BCUT2D eigenvalue weighted by atomic mass is 10.1. The Hall–Kier alpha value is -3.70. The second kappa shape index (κ2) is 9.04. The van der Waals surface area contributed by atoms with Crippen LogP contribution in [0, 0.1) is 17.1 Å². The number of hydrogen-bond donors (Lipinski definition) is 0. The first-order valence-electron chi connectivity index (χ1n) is 11.1. The molecule has 3 aromatic rings. The van der Waals surface area contributed by atoms with E-state index < -0.39 is 5.82 Å². The van der Waals surface area contributed by atoms with Gasteiger partial charge in [-0.25, -0.2) is 9.37 Å². The van der Waals surface area contributed by atoms with Crippen LogP contribution in [0.1, 0.15) is 15.9 Å². The van der Waals surface area contributed by atoms with Crippen molar-refractivity contribution in [1.82, 2.24) is 9.88 Å². The quantitative estimate of drug-likeness (QED) is 0.617. The van der Waals surface area contributed by atoms with Crippen LogP contribution in [0.5, 0.6) is 0 Å². The van der Waals surface area contributed by atoms with Gasteiger partial charge < -0.3 is 19.4 Å². The van der Waals surface area contributed by atoms with Crippen molar-refractivity contribution < 1.29 is 13.9 Å². The molecule has 1 aromatic heterocycles. The standard InChI is InChI=1S/C25H24FN5O2/c26-21-5-3-7-23(20(21)17-27)29-8-10-30(11-9-29)24-16-19(18-4-1-2-6-22(18)28-24)25(32)31-12-14-33-15-13-31/h1-7,16H,8-15H2. The Morgan fingerprint density at radius 1 is 0.970 bits per heavy atom. The van der Waals surface area contributed by atoms with Gasteiger partial charge in [0.1, 0.15) is 23.3 Å². The third kappa shape index (κ3) is 4.08. The summed E-state index contributed by atoms with van der Waals surface area (Å²) >= 11 is 0. The lowest BCUT2D eigenvalue weighted by Gasteiger charge is -2.37. The first-order chi connectivity index (χ1) is 16.2. The summed E-state index contributed by atoms with van der Waals surface area (Å²) in [6.45, 7) is 4.81. The number of ether oxygens (including phenoxy) is 1. The Labute approximate surface area is 191 Å². The van der Waals surface area contributed by atoms with Gasteiger partial charge in [-0.1, -0.05) is 24.3 Å². The average molecular weight is 445 g/mol. The number of aromatic nitrogens is 1. The van der Waals surface area contributed by atoms with E-state index in [1.54, 1.807) is 12.1 Å². The van der Waals surface area contributed by atoms with Crippen LogP contribution < -0.4 is 9.80 Å². The monoisotopic (exact) mass is 445 g/mol. The summed E-state index contributed by atoms with van der Waals surface area (Å²) in [5, 5.41) is 10.2. The highest BCUT2D eigenvalue weighted by atomic mass is 19.1. The van der Waals surface area contributed by atoms with Crippen molar-refractivity contribution in [2.24, 2.45) is 0 Å². The molecule has 0 unspecified atom stereocenters. The Morgan fingerprint density at radius 2 is 1.70 bits per heavy atom. The van der Waals surface area contributed by atoms with Crippen molar-refractivity contribution >= 4 is 28.3 Å². The molecule has 0 N–H and O–H groups in total. The highest BCUT2D eigenvalue weighted by molar-refractivity contribution is 6.07. The summed E-state index contributed by atoms with van der Waals surface area (Å²) in [5.41, 5.74) is 2.13. The first kappa shape index (κ1) is 21.2. The molecule has 0 bridgehead atoms. The number of amides is 1. The van der Waals surface area contributed by atoms with E-state index in [0.717, 1.165) is 16.7 Å². The molecule has 2 aromatic carbocycles. The maximum absolute atomic E-state index is 14.1. The number of carbonyl (C=O) groups is 1. The van der Waals surface area contributed by atoms with Gasteiger partial charge in [0.2, 0.25) is 0 Å². The fraction of sp³-hybridized carbons (Fsp3) is 0.320. The van der Waals surface area contributed by atoms with Gasteiger partial charge in [0, 0.05) is 44.7 Å². The van der Waals surface area contributed by atoms with E-state index in [4.69, 9.17) is 9.72 Å². The molecule has 0 saturated carbocycles. The molecule has 0 spiro atoms. The SMILES string of the molecule is N#Cc1c(F)cccc1N1CCN(c2cc(C(=O)N3CCOCC3)c3ccccc3n2)CC1. The van der Waals surface area contributed by atoms with E-state index >= 15 is 0 Å². The van der Waals surface area contributed by atoms with Gasteiger partial charge in [-0.3, -0.25) is 4.79 Å². The Morgan fingerprint density at radius 3 is 2.45 bits per heavy atom. The fourth-order valence-electron chi connectivity index (χ4n) is 4.50. The van der Waals surface area contributed by atoms with Gasteiger partial charge in [0.25, 0.3) is 5.91 Å². The summed E-state index contributed by atoms with van der Waals surface area (Å²) in [6.07, 6.45) is 0. The number of para-hydroxylation sites is 1. The lowest BCUT2D eigenvalue weighted by Crippen LogP contribution is -2.47. The number of morpholine rings is 1. The topological polar surface area (TPSA) is 72.7 Å². The number of rotatable bonds is 3. The summed E-state index contributed by atoms with van der Waals surface area (Å²) in [6, 6.07) is 16.3. The van der Waals surface area contributed by atoms with E-state index in [1.165, 1.54) is 6.07 Å². The molecule has 8 heteroatoms. The van der Waals surface area contributed by atoms with Crippen LogP contribution in [0.15, 0.2) is 48.5 Å². The summed E-state index contributed by atoms with van der Waals surface area (Å²) in [5.74, 6) is 0.250. The van der Waals surface area contributed by atoms with E-state index in [2.05, 4.69) is 4.90 Å². The first-order valence-corrected chi connectivity index (χ1v) is 11.1. The summed E-state index contributed by atoms with van der Waals surface area (Å²) in [7, 11) is 0. The molecule has 2 aliphatic rings. The third-order valence-electron chi connectivity index (χ3n) is 6.28. The van der Waals surface area contributed by atoms with Gasteiger partial charge >= 0.3 is 0 Å². The smallest absolute Gasteiger partial charge is 0.254 e. The number of pyridine rings is 1. The maximum atomic E-state index is 14.1. The number of carbonyl (C=O) groups excluding carboxylic acids is 1. The van der Waals surface area contributed by atoms with Crippen LogP contribution in [0.3, 0.4) is 0 Å². The number of halogens is 1. The van der Waals surface area contributed by atoms with Crippen molar-refractivity contribution in [2.45, 2.75) is 0 Å². The van der Waals surface area contributed by atoms with E-state index in [-0.39, 0.29) is 11.5 Å². The number of anilines is 2. The van der Waals surface area contributed by atoms with Crippen LogP contribution in [0.4, 0.5) is 15.9 Å². The number of nitriles is 1. The number of benzene rings is 2. The summed E-state index contributed by atoms with van der Waals surface area (Å²) < 4.78 is 19.5. The van der Waals surface area contributed by atoms with Crippen molar-refractivity contribution in [3.8, 4) is 6.07 Å². The molecule has 1 amide bonds. The molecular weight excluding hydrogens is 421 g/mol. The Balaban J connectivity index is 1.41. The molecule has 0 aliphatic carbocycles. The van der Waals surface area contributed by atoms with Gasteiger partial charge in [0.05, 0.1) is 30.0 Å². The molecule has 0 radical (unpaired) electrons. The van der Waals surface area contributed by atoms with Gasteiger partial charge in [0.15, 0.2) is 0 Å². The maximum Gasteiger partial charge on any atom is 0.254 e. The van der Waals surface area contributed by atoms with Crippen molar-refractivity contribution in [3.05, 3.63) is 65.5 Å². The van der Waals surface area contributed by atoms with Crippen LogP contribution >= 0.6 is 0 Å². The molecule has 2 fully saturated rings. The normalized spacial score (nSPS) is 16.7. The molecule has 2 aliphatic heterocycles. The molecule has 7 nitrogen and oxygen atoms in total. The van der Waals surface area contributed by atoms with Crippen LogP contribution in [-0.4, -0.2) is 68.3 Å². The number of hydrogen-bond acceptors (Lipinski definition) is 6. The van der Waals surface area contributed by atoms with Gasteiger partial charge in [-0.2, -0.15) is 5.26 Å². The van der Waals surface area contributed by atoms with Crippen molar-refractivity contribution in [3.63, 3.8) is 0 Å². The summed E-state index contributed by atoms with van der Waals surface area (Å²) in [4.78, 5) is 24.2. The predicted octanol–water partition coefficient (Wildman–Crippen LogP) is 3.04. The molecule has 168 valence electrons. The van der Waals surface area contributed by atoms with E-state index in [1.807, 2.05) is 46.2 Å². The highest BCUT2D eigenvalue weighted by Gasteiger charge is 2.25. The molecule has 3 heterocycles. The van der Waals surface area contributed by atoms with Gasteiger partial charge in [-0.05, 0) is 24.3 Å². The molecule has 33 heavy (non-hydrogen) atoms. The number of piperazine rings is 1. The second-order valence-electron chi connectivity index (χ2n) is 8.17. The molecule has 0 atom stereocenters. The number of fused-ring (bicyclic) bond motifs is 1. The molecular formula is C25H24FN5O2. The minimum absolute atomic E-state index is 0.00444. The van der Waals surface area contributed by atoms with E-state index in [9.17, 15) is 14.4 Å². The fourth-order valence-corrected chi connectivity index (χ4v) is 4.50. The Bertz CT molecular complexity index is 1230. The second-order valence-corrected chi connectivity index (χ2v) is 8.17. The third-order valence-corrected chi connectivity index (χ3v) is 6.28. The van der Waals surface area contributed by atoms with Crippen molar-refractivity contribution in [2.75, 3.05) is 62.3 Å². The predicted molar refractivity (Wildman–Crippen MR) is 124 cm³/mol. The van der Waals surface area contributed by atoms with Gasteiger partial charge in [-0.15, -0.1) is 0 Å². The minimum atomic E-state index is -0.500. The average Bonchev–Trinajstić information content (AvgIpc) is 2.88. The zero-order chi connectivity index (χ0) is 22.8.